The first-order chi connectivity index (χ1) is 7.60. The normalized spacial score (nSPS) is 39.6. The van der Waals surface area contributed by atoms with Crippen LogP contribution in [-0.4, -0.2) is 25.2 Å². The lowest BCUT2D eigenvalue weighted by molar-refractivity contribution is -0.161. The fraction of sp³-hybridized carbons (Fsp3) is 0.923. The molecule has 0 aromatic rings. The number of nitrogens with one attached hydrogen (secondary N) is 1. The smallest absolute Gasteiger partial charge is 0.313 e. The zero-order chi connectivity index (χ0) is 11.6. The molecule has 92 valence electrons. The van der Waals surface area contributed by atoms with Crippen LogP contribution in [0.3, 0.4) is 0 Å². The summed E-state index contributed by atoms with van der Waals surface area (Å²) in [7, 11) is 0. The first kappa shape index (κ1) is 11.9. The van der Waals surface area contributed by atoms with Gasteiger partial charge in [-0.15, -0.1) is 0 Å². The van der Waals surface area contributed by atoms with Crippen LogP contribution in [0.5, 0.6) is 0 Å². The third kappa shape index (κ3) is 2.57. The van der Waals surface area contributed by atoms with Crippen LogP contribution < -0.4 is 5.32 Å². The summed E-state index contributed by atoms with van der Waals surface area (Å²) in [6, 6.07) is 0. The van der Waals surface area contributed by atoms with Crippen molar-refractivity contribution in [3.8, 4) is 0 Å². The van der Waals surface area contributed by atoms with Crippen LogP contribution in [0.15, 0.2) is 0 Å². The molecule has 0 spiro atoms. The van der Waals surface area contributed by atoms with Crippen molar-refractivity contribution < 1.29 is 9.53 Å². The Morgan fingerprint density at radius 3 is 2.56 bits per heavy atom. The van der Waals surface area contributed by atoms with Gasteiger partial charge in [-0.25, -0.2) is 0 Å². The zero-order valence-corrected chi connectivity index (χ0v) is 10.4. The van der Waals surface area contributed by atoms with Crippen LogP contribution in [0, 0.1) is 11.3 Å². The topological polar surface area (TPSA) is 38.3 Å². The van der Waals surface area contributed by atoms with Crippen molar-refractivity contribution in [2.45, 2.75) is 52.1 Å². The van der Waals surface area contributed by atoms with Crippen molar-refractivity contribution in [1.82, 2.24) is 5.32 Å². The average Bonchev–Trinajstić information content (AvgIpc) is 2.70. The number of carbonyl (C=O) groups excluding carboxylic acids is 1. The van der Waals surface area contributed by atoms with E-state index >= 15 is 0 Å². The van der Waals surface area contributed by atoms with Crippen molar-refractivity contribution in [2.24, 2.45) is 11.3 Å². The number of esters is 1. The van der Waals surface area contributed by atoms with Gasteiger partial charge in [-0.2, -0.15) is 0 Å². The molecule has 1 N–H and O–H groups in total. The van der Waals surface area contributed by atoms with Crippen LogP contribution in [0.4, 0.5) is 0 Å². The van der Waals surface area contributed by atoms with Gasteiger partial charge < -0.3 is 10.1 Å². The van der Waals surface area contributed by atoms with E-state index < -0.39 is 0 Å². The summed E-state index contributed by atoms with van der Waals surface area (Å²) in [5.74, 6) is 0.815. The molecule has 2 rings (SSSR count). The molecule has 0 aromatic carbocycles. The highest BCUT2D eigenvalue weighted by atomic mass is 16.5. The minimum atomic E-state index is -0.275. The van der Waals surface area contributed by atoms with Crippen molar-refractivity contribution in [2.75, 3.05) is 13.1 Å². The highest BCUT2D eigenvalue weighted by Gasteiger charge is 2.39. The molecule has 0 radical (unpaired) electrons. The maximum absolute atomic E-state index is 12.1. The Morgan fingerprint density at radius 2 is 2.00 bits per heavy atom. The molecule has 3 heteroatoms. The Bertz CT molecular complexity index is 251. The van der Waals surface area contributed by atoms with Gasteiger partial charge in [0.25, 0.3) is 0 Å². The summed E-state index contributed by atoms with van der Waals surface area (Å²) < 4.78 is 5.65. The second-order valence-corrected chi connectivity index (χ2v) is 5.77. The molecular formula is C13H23NO2. The van der Waals surface area contributed by atoms with E-state index in [4.69, 9.17) is 4.74 Å². The molecule has 2 fully saturated rings. The fourth-order valence-corrected chi connectivity index (χ4v) is 2.63. The fourth-order valence-electron chi connectivity index (χ4n) is 2.63. The summed E-state index contributed by atoms with van der Waals surface area (Å²) >= 11 is 0. The van der Waals surface area contributed by atoms with E-state index in [1.165, 1.54) is 12.8 Å². The van der Waals surface area contributed by atoms with Crippen molar-refractivity contribution in [3.63, 3.8) is 0 Å². The SMILES string of the molecule is CC1CCC(OC(=O)C2(C)CCNC2)CC1. The lowest BCUT2D eigenvalue weighted by Gasteiger charge is -2.29. The monoisotopic (exact) mass is 225 g/mol. The summed E-state index contributed by atoms with van der Waals surface area (Å²) in [6.45, 7) is 6.00. The minimum absolute atomic E-state index is 0.0112. The first-order valence-electron chi connectivity index (χ1n) is 6.52. The lowest BCUT2D eigenvalue weighted by Crippen LogP contribution is -2.35. The molecule has 2 aliphatic rings. The van der Waals surface area contributed by atoms with Gasteiger partial charge in [0.05, 0.1) is 5.41 Å². The molecular weight excluding hydrogens is 202 g/mol. The van der Waals surface area contributed by atoms with Gasteiger partial charge >= 0.3 is 5.97 Å². The van der Waals surface area contributed by atoms with Gasteiger partial charge in [-0.1, -0.05) is 6.92 Å². The first-order valence-corrected chi connectivity index (χ1v) is 6.52. The number of ether oxygens (including phenoxy) is 1. The van der Waals surface area contributed by atoms with Crippen molar-refractivity contribution in [3.05, 3.63) is 0 Å². The van der Waals surface area contributed by atoms with Crippen LogP contribution >= 0.6 is 0 Å². The Hall–Kier alpha value is -0.570. The largest absolute Gasteiger partial charge is 0.462 e. The summed E-state index contributed by atoms with van der Waals surface area (Å²) in [5.41, 5.74) is -0.275. The standard InChI is InChI=1S/C13H23NO2/c1-10-3-5-11(6-4-10)16-12(15)13(2)7-8-14-9-13/h10-11,14H,3-9H2,1-2H3. The maximum atomic E-state index is 12.1. The zero-order valence-electron chi connectivity index (χ0n) is 10.4. The average molecular weight is 225 g/mol. The third-order valence-electron chi connectivity index (χ3n) is 4.10. The Labute approximate surface area is 97.9 Å². The molecule has 1 saturated heterocycles. The molecule has 1 heterocycles. The van der Waals surface area contributed by atoms with Gasteiger partial charge in [0.1, 0.15) is 6.10 Å². The lowest BCUT2D eigenvalue weighted by atomic mass is 9.87. The number of carbonyl (C=O) groups is 1. The molecule has 3 nitrogen and oxygen atoms in total. The van der Waals surface area contributed by atoms with Gasteiger partial charge in [-0.3, -0.25) is 4.79 Å². The van der Waals surface area contributed by atoms with E-state index in [0.717, 1.165) is 38.3 Å². The van der Waals surface area contributed by atoms with Crippen LogP contribution in [0.25, 0.3) is 0 Å². The molecule has 1 atom stereocenters. The molecule has 0 amide bonds. The van der Waals surface area contributed by atoms with E-state index in [1.807, 2.05) is 6.92 Å². The second-order valence-electron chi connectivity index (χ2n) is 5.77. The second kappa shape index (κ2) is 4.74. The number of hydrogen-bond acceptors (Lipinski definition) is 3. The van der Waals surface area contributed by atoms with Crippen LogP contribution in [0.1, 0.15) is 46.0 Å². The summed E-state index contributed by atoms with van der Waals surface area (Å²) in [6.07, 6.45) is 5.60. The quantitative estimate of drug-likeness (QED) is 0.731. The Morgan fingerprint density at radius 1 is 1.31 bits per heavy atom. The molecule has 16 heavy (non-hydrogen) atoms. The number of rotatable bonds is 2. The van der Waals surface area contributed by atoms with Gasteiger partial charge in [0, 0.05) is 6.54 Å². The van der Waals surface area contributed by atoms with E-state index in [9.17, 15) is 4.79 Å². The van der Waals surface area contributed by atoms with Crippen molar-refractivity contribution in [1.29, 1.82) is 0 Å². The van der Waals surface area contributed by atoms with Gasteiger partial charge in [-0.05, 0) is 51.5 Å². The molecule has 1 aliphatic heterocycles. The predicted molar refractivity (Wildman–Crippen MR) is 63.1 cm³/mol. The van der Waals surface area contributed by atoms with Gasteiger partial charge in [0.15, 0.2) is 0 Å². The minimum Gasteiger partial charge on any atom is -0.462 e. The summed E-state index contributed by atoms with van der Waals surface area (Å²) in [4.78, 5) is 12.1. The molecule has 1 unspecified atom stereocenters. The molecule has 1 aliphatic carbocycles. The highest BCUT2D eigenvalue weighted by Crippen LogP contribution is 2.30. The Balaban J connectivity index is 1.83. The van der Waals surface area contributed by atoms with Crippen molar-refractivity contribution >= 4 is 5.97 Å². The predicted octanol–water partition coefficient (Wildman–Crippen LogP) is 2.11. The Kier molecular flexibility index (Phi) is 3.53. The van der Waals surface area contributed by atoms with E-state index in [-0.39, 0.29) is 17.5 Å². The van der Waals surface area contributed by atoms with E-state index in [2.05, 4.69) is 12.2 Å². The summed E-state index contributed by atoms with van der Waals surface area (Å²) in [5, 5.41) is 3.24. The van der Waals surface area contributed by atoms with E-state index in [1.54, 1.807) is 0 Å². The van der Waals surface area contributed by atoms with Crippen LogP contribution in [0.2, 0.25) is 0 Å². The van der Waals surface area contributed by atoms with Crippen LogP contribution in [-0.2, 0) is 9.53 Å². The van der Waals surface area contributed by atoms with Gasteiger partial charge in [0.2, 0.25) is 0 Å². The highest BCUT2D eigenvalue weighted by molar-refractivity contribution is 5.77. The third-order valence-corrected chi connectivity index (χ3v) is 4.10. The molecule has 0 bridgehead atoms. The molecule has 1 saturated carbocycles. The number of hydrogen-bond donors (Lipinski definition) is 1. The van der Waals surface area contributed by atoms with E-state index in [0.29, 0.717) is 0 Å². The maximum Gasteiger partial charge on any atom is 0.313 e. The molecule has 0 aromatic heterocycles.